The molecule has 1 saturated heterocycles. The van der Waals surface area contributed by atoms with Crippen LogP contribution in [0.1, 0.15) is 25.3 Å². The summed E-state index contributed by atoms with van der Waals surface area (Å²) in [7, 11) is 0. The predicted octanol–water partition coefficient (Wildman–Crippen LogP) is 3.64. The van der Waals surface area contributed by atoms with Crippen LogP contribution >= 0.6 is 11.6 Å². The van der Waals surface area contributed by atoms with Crippen molar-refractivity contribution in [2.45, 2.75) is 26.3 Å². The molecule has 0 aliphatic carbocycles. The first-order valence-corrected chi connectivity index (χ1v) is 8.32. The van der Waals surface area contributed by atoms with Gasteiger partial charge in [-0.25, -0.2) is 0 Å². The van der Waals surface area contributed by atoms with E-state index in [-0.39, 0.29) is 0 Å². The first-order chi connectivity index (χ1) is 10.3. The Hall–Kier alpha value is -1.03. The monoisotopic (exact) mass is 305 g/mol. The van der Waals surface area contributed by atoms with Crippen LogP contribution in [0, 0.1) is 5.92 Å². The number of piperidine rings is 1. The zero-order valence-corrected chi connectivity index (χ0v) is 13.4. The number of hydrogen-bond donors (Lipinski definition) is 2. The number of fused-ring (bicyclic) bond motifs is 1. The van der Waals surface area contributed by atoms with E-state index in [9.17, 15) is 0 Å². The van der Waals surface area contributed by atoms with Crippen LogP contribution in [0.5, 0.6) is 0 Å². The van der Waals surface area contributed by atoms with Gasteiger partial charge < -0.3 is 15.2 Å². The van der Waals surface area contributed by atoms with E-state index in [4.69, 9.17) is 11.6 Å². The molecule has 0 amide bonds. The number of hydrogen-bond acceptors (Lipinski definition) is 2. The van der Waals surface area contributed by atoms with Crippen molar-refractivity contribution in [3.05, 3.63) is 35.0 Å². The highest BCUT2D eigenvalue weighted by atomic mass is 35.5. The Morgan fingerprint density at radius 2 is 2.14 bits per heavy atom. The molecule has 1 aromatic heterocycles. The first-order valence-electron chi connectivity index (χ1n) is 7.95. The molecule has 2 N–H and O–H groups in total. The van der Waals surface area contributed by atoms with Crippen LogP contribution in [-0.4, -0.2) is 36.1 Å². The summed E-state index contributed by atoms with van der Waals surface area (Å²) in [4.78, 5) is 5.84. The lowest BCUT2D eigenvalue weighted by Crippen LogP contribution is -2.36. The van der Waals surface area contributed by atoms with E-state index in [0.29, 0.717) is 0 Å². The molecule has 4 heteroatoms. The van der Waals surface area contributed by atoms with Crippen molar-refractivity contribution in [2.24, 2.45) is 5.92 Å². The second-order valence-electron chi connectivity index (χ2n) is 6.01. The Bertz CT molecular complexity index is 585. The standard InChI is InChI=1S/C17H24ClN3/c1-2-21-7-5-13(6-8-21)10-19-11-14-12-20-17-9-15(18)3-4-16(14)17/h3-4,9,12-13,19-20H,2,5-8,10-11H2,1H3. The molecule has 3 nitrogen and oxygen atoms in total. The molecule has 114 valence electrons. The highest BCUT2D eigenvalue weighted by Gasteiger charge is 2.17. The van der Waals surface area contributed by atoms with Gasteiger partial charge in [0.15, 0.2) is 0 Å². The number of H-pyrrole nitrogens is 1. The number of halogens is 1. The van der Waals surface area contributed by atoms with E-state index < -0.39 is 0 Å². The third kappa shape index (κ3) is 3.60. The van der Waals surface area contributed by atoms with Crippen LogP contribution in [0.25, 0.3) is 10.9 Å². The van der Waals surface area contributed by atoms with Crippen molar-refractivity contribution in [2.75, 3.05) is 26.2 Å². The highest BCUT2D eigenvalue weighted by molar-refractivity contribution is 6.31. The molecule has 1 aromatic carbocycles. The Kier molecular flexibility index (Phi) is 4.84. The van der Waals surface area contributed by atoms with E-state index in [0.717, 1.165) is 29.5 Å². The van der Waals surface area contributed by atoms with Gasteiger partial charge in [0.05, 0.1) is 0 Å². The molecule has 0 unspecified atom stereocenters. The van der Waals surface area contributed by atoms with Gasteiger partial charge in [-0.15, -0.1) is 0 Å². The van der Waals surface area contributed by atoms with Gasteiger partial charge >= 0.3 is 0 Å². The van der Waals surface area contributed by atoms with Crippen molar-refractivity contribution < 1.29 is 0 Å². The maximum atomic E-state index is 6.02. The Balaban J connectivity index is 1.51. The summed E-state index contributed by atoms with van der Waals surface area (Å²) >= 11 is 6.02. The largest absolute Gasteiger partial charge is 0.361 e. The molecule has 2 aromatic rings. The summed E-state index contributed by atoms with van der Waals surface area (Å²) in [6.07, 6.45) is 4.74. The minimum atomic E-state index is 0.784. The lowest BCUT2D eigenvalue weighted by molar-refractivity contribution is 0.190. The van der Waals surface area contributed by atoms with Crippen molar-refractivity contribution in [3.8, 4) is 0 Å². The third-order valence-corrected chi connectivity index (χ3v) is 4.87. The van der Waals surface area contributed by atoms with E-state index in [1.54, 1.807) is 0 Å². The van der Waals surface area contributed by atoms with Gasteiger partial charge in [0.1, 0.15) is 0 Å². The number of aromatic amines is 1. The van der Waals surface area contributed by atoms with Crippen molar-refractivity contribution >= 4 is 22.5 Å². The number of aromatic nitrogens is 1. The summed E-state index contributed by atoms with van der Waals surface area (Å²) < 4.78 is 0. The molecule has 1 fully saturated rings. The van der Waals surface area contributed by atoms with Crippen LogP contribution in [-0.2, 0) is 6.54 Å². The van der Waals surface area contributed by atoms with Crippen LogP contribution in [0.15, 0.2) is 24.4 Å². The predicted molar refractivity (Wildman–Crippen MR) is 89.9 cm³/mol. The Morgan fingerprint density at radius 1 is 1.33 bits per heavy atom. The maximum absolute atomic E-state index is 6.02. The number of nitrogens with one attached hydrogen (secondary N) is 2. The average Bonchev–Trinajstić information content (AvgIpc) is 2.90. The number of nitrogens with zero attached hydrogens (tertiary/aromatic N) is 1. The molecule has 0 bridgehead atoms. The second-order valence-corrected chi connectivity index (χ2v) is 6.45. The highest BCUT2D eigenvalue weighted by Crippen LogP contribution is 2.22. The van der Waals surface area contributed by atoms with Gasteiger partial charge in [-0.05, 0) is 62.6 Å². The molecular weight excluding hydrogens is 282 g/mol. The van der Waals surface area contributed by atoms with Gasteiger partial charge in [-0.1, -0.05) is 24.6 Å². The molecule has 0 atom stereocenters. The minimum Gasteiger partial charge on any atom is -0.361 e. The fourth-order valence-electron chi connectivity index (χ4n) is 3.22. The molecule has 2 heterocycles. The van der Waals surface area contributed by atoms with E-state index in [1.165, 1.54) is 43.4 Å². The van der Waals surface area contributed by atoms with Gasteiger partial charge in [-0.3, -0.25) is 0 Å². The molecule has 3 rings (SSSR count). The number of likely N-dealkylation sites (tertiary alicyclic amines) is 1. The summed E-state index contributed by atoms with van der Waals surface area (Å²) in [6, 6.07) is 6.05. The topological polar surface area (TPSA) is 31.1 Å². The Morgan fingerprint density at radius 3 is 2.90 bits per heavy atom. The Labute approximate surface area is 131 Å². The summed E-state index contributed by atoms with van der Waals surface area (Å²) in [5.41, 5.74) is 2.45. The smallest absolute Gasteiger partial charge is 0.0472 e. The van der Waals surface area contributed by atoms with Crippen LogP contribution in [0.4, 0.5) is 0 Å². The van der Waals surface area contributed by atoms with Crippen LogP contribution < -0.4 is 5.32 Å². The first kappa shape index (κ1) is 14.9. The molecular formula is C17H24ClN3. The molecule has 0 saturated carbocycles. The van der Waals surface area contributed by atoms with Gasteiger partial charge in [0.2, 0.25) is 0 Å². The minimum absolute atomic E-state index is 0.784. The second kappa shape index (κ2) is 6.82. The maximum Gasteiger partial charge on any atom is 0.0472 e. The van der Waals surface area contributed by atoms with Gasteiger partial charge in [-0.2, -0.15) is 0 Å². The van der Waals surface area contributed by atoms with Gasteiger partial charge in [0.25, 0.3) is 0 Å². The fourth-order valence-corrected chi connectivity index (χ4v) is 3.39. The zero-order chi connectivity index (χ0) is 14.7. The molecule has 21 heavy (non-hydrogen) atoms. The number of rotatable bonds is 5. The quantitative estimate of drug-likeness (QED) is 0.883. The van der Waals surface area contributed by atoms with Crippen LogP contribution in [0.3, 0.4) is 0 Å². The van der Waals surface area contributed by atoms with E-state index in [1.807, 2.05) is 12.1 Å². The third-order valence-electron chi connectivity index (χ3n) is 4.63. The summed E-state index contributed by atoms with van der Waals surface area (Å²) in [5.74, 6) is 0.826. The van der Waals surface area contributed by atoms with E-state index in [2.05, 4.69) is 34.4 Å². The van der Waals surface area contributed by atoms with Crippen molar-refractivity contribution in [1.82, 2.24) is 15.2 Å². The molecule has 1 aliphatic rings. The fraction of sp³-hybridized carbons (Fsp3) is 0.529. The SMILES string of the molecule is CCN1CCC(CNCc2c[nH]c3cc(Cl)ccc23)CC1. The van der Waals surface area contributed by atoms with Crippen LogP contribution in [0.2, 0.25) is 5.02 Å². The van der Waals surface area contributed by atoms with Gasteiger partial charge in [0, 0.05) is 28.7 Å². The normalized spacial score (nSPS) is 17.6. The van der Waals surface area contributed by atoms with Crippen molar-refractivity contribution in [1.29, 1.82) is 0 Å². The lowest BCUT2D eigenvalue weighted by Gasteiger charge is -2.31. The van der Waals surface area contributed by atoms with Crippen molar-refractivity contribution in [3.63, 3.8) is 0 Å². The molecule has 1 aliphatic heterocycles. The molecule has 0 radical (unpaired) electrons. The zero-order valence-electron chi connectivity index (χ0n) is 12.7. The summed E-state index contributed by atoms with van der Waals surface area (Å²) in [6.45, 7) is 8.01. The summed E-state index contributed by atoms with van der Waals surface area (Å²) in [5, 5.41) is 5.68. The van der Waals surface area contributed by atoms with E-state index >= 15 is 0 Å². The average molecular weight is 306 g/mol. The molecule has 0 spiro atoms. The number of benzene rings is 1. The lowest BCUT2D eigenvalue weighted by atomic mass is 9.97.